The molecule has 2 aromatic rings. The highest BCUT2D eigenvalue weighted by molar-refractivity contribution is 9.11. The number of anilines is 1. The Kier molecular flexibility index (Phi) is 6.40. The number of carbonyl (C=O) groups excluding carboxylic acids is 1. The largest absolute Gasteiger partial charge is 0.494 e. The van der Waals surface area contributed by atoms with E-state index in [9.17, 15) is 10.1 Å². The first-order chi connectivity index (χ1) is 11.9. The van der Waals surface area contributed by atoms with Crippen molar-refractivity contribution < 1.29 is 9.53 Å². The summed E-state index contributed by atoms with van der Waals surface area (Å²) in [6.45, 7) is 3.83. The van der Waals surface area contributed by atoms with Gasteiger partial charge in [-0.3, -0.25) is 4.79 Å². The number of benzene rings is 2. The topological polar surface area (TPSA) is 62.1 Å². The Morgan fingerprint density at radius 1 is 1.20 bits per heavy atom. The molecule has 0 fully saturated rings. The van der Waals surface area contributed by atoms with E-state index in [1.54, 1.807) is 19.2 Å². The van der Waals surface area contributed by atoms with Crippen LogP contribution in [0.3, 0.4) is 0 Å². The molecule has 0 aliphatic heterocycles. The summed E-state index contributed by atoms with van der Waals surface area (Å²) in [6, 6.07) is 11.3. The maximum atomic E-state index is 12.5. The third-order valence-electron chi connectivity index (χ3n) is 3.62. The van der Waals surface area contributed by atoms with Crippen molar-refractivity contribution in [3.63, 3.8) is 0 Å². The Bertz CT molecular complexity index is 856. The number of hydrogen-bond donors (Lipinski definition) is 1. The number of carbonyl (C=O) groups is 1. The number of ether oxygens (including phenoxy) is 1. The second kappa shape index (κ2) is 8.32. The van der Waals surface area contributed by atoms with E-state index in [1.807, 2.05) is 38.1 Å². The Labute approximate surface area is 163 Å². The van der Waals surface area contributed by atoms with Gasteiger partial charge in [-0.25, -0.2) is 0 Å². The predicted molar refractivity (Wildman–Crippen MR) is 107 cm³/mol. The molecule has 0 heterocycles. The monoisotopic (exact) mass is 462 g/mol. The number of para-hydroxylation sites is 1. The molecule has 2 aromatic carbocycles. The van der Waals surface area contributed by atoms with Crippen molar-refractivity contribution in [2.24, 2.45) is 0 Å². The number of amides is 1. The van der Waals surface area contributed by atoms with Gasteiger partial charge in [0.05, 0.1) is 16.1 Å². The zero-order valence-electron chi connectivity index (χ0n) is 14.0. The van der Waals surface area contributed by atoms with Crippen LogP contribution in [0.1, 0.15) is 16.7 Å². The highest BCUT2D eigenvalue weighted by Gasteiger charge is 2.13. The number of nitriles is 1. The zero-order valence-corrected chi connectivity index (χ0v) is 17.2. The van der Waals surface area contributed by atoms with E-state index < -0.39 is 5.91 Å². The molecule has 1 N–H and O–H groups in total. The van der Waals surface area contributed by atoms with Crippen molar-refractivity contribution >= 4 is 49.5 Å². The zero-order chi connectivity index (χ0) is 18.6. The van der Waals surface area contributed by atoms with Crippen molar-refractivity contribution in [1.82, 2.24) is 0 Å². The highest BCUT2D eigenvalue weighted by Crippen LogP contribution is 2.35. The maximum Gasteiger partial charge on any atom is 0.266 e. The quantitative estimate of drug-likeness (QED) is 0.488. The lowest BCUT2D eigenvalue weighted by atomic mass is 10.1. The summed E-state index contributed by atoms with van der Waals surface area (Å²) in [5.41, 5.74) is 3.34. The summed E-state index contributed by atoms with van der Waals surface area (Å²) >= 11 is 6.82. The van der Waals surface area contributed by atoms with Crippen molar-refractivity contribution in [3.8, 4) is 11.8 Å². The molecule has 1 amide bonds. The molecule has 0 radical (unpaired) electrons. The summed E-state index contributed by atoms with van der Waals surface area (Å²) in [4.78, 5) is 12.5. The van der Waals surface area contributed by atoms with Gasteiger partial charge < -0.3 is 10.1 Å². The number of rotatable bonds is 4. The lowest BCUT2D eigenvalue weighted by molar-refractivity contribution is -0.112. The van der Waals surface area contributed by atoms with Crippen LogP contribution >= 0.6 is 31.9 Å². The Morgan fingerprint density at radius 3 is 2.24 bits per heavy atom. The van der Waals surface area contributed by atoms with Gasteiger partial charge in [0.15, 0.2) is 0 Å². The molecule has 0 aliphatic carbocycles. The summed E-state index contributed by atoms with van der Waals surface area (Å²) in [5.74, 6) is 0.207. The van der Waals surface area contributed by atoms with E-state index in [-0.39, 0.29) is 5.57 Å². The third kappa shape index (κ3) is 4.50. The average molecular weight is 464 g/mol. The van der Waals surface area contributed by atoms with Crippen molar-refractivity contribution in [3.05, 3.63) is 61.5 Å². The fourth-order valence-corrected chi connectivity index (χ4v) is 3.91. The molecular formula is C19H16Br2N2O2. The lowest BCUT2D eigenvalue weighted by Gasteiger charge is -2.11. The SMILES string of the molecule is COc1c(Br)cc(/C=C(\C#N)C(=O)Nc2c(C)cccc2C)cc1Br. The number of nitrogens with zero attached hydrogens (tertiary/aromatic N) is 1. The van der Waals surface area contributed by atoms with Gasteiger partial charge in [0.2, 0.25) is 0 Å². The van der Waals surface area contributed by atoms with Crippen LogP contribution in [-0.2, 0) is 4.79 Å². The van der Waals surface area contributed by atoms with Gasteiger partial charge in [-0.2, -0.15) is 5.26 Å². The number of nitrogens with one attached hydrogen (secondary N) is 1. The smallest absolute Gasteiger partial charge is 0.266 e. The first-order valence-corrected chi connectivity index (χ1v) is 8.98. The van der Waals surface area contributed by atoms with E-state index in [1.165, 1.54) is 6.08 Å². The molecular weight excluding hydrogens is 448 g/mol. The molecule has 0 unspecified atom stereocenters. The molecule has 0 aromatic heterocycles. The Morgan fingerprint density at radius 2 is 1.76 bits per heavy atom. The first kappa shape index (κ1) is 19.2. The fourth-order valence-electron chi connectivity index (χ4n) is 2.37. The van der Waals surface area contributed by atoms with Crippen molar-refractivity contribution in [2.75, 3.05) is 12.4 Å². The maximum absolute atomic E-state index is 12.5. The van der Waals surface area contributed by atoms with Crippen molar-refractivity contribution in [2.45, 2.75) is 13.8 Å². The van der Waals surface area contributed by atoms with Gasteiger partial charge in [-0.15, -0.1) is 0 Å². The van der Waals surface area contributed by atoms with Crippen LogP contribution in [0.2, 0.25) is 0 Å². The summed E-state index contributed by atoms with van der Waals surface area (Å²) in [6.07, 6.45) is 1.54. The second-order valence-electron chi connectivity index (χ2n) is 5.41. The van der Waals surface area contributed by atoms with Crippen LogP contribution in [0, 0.1) is 25.2 Å². The van der Waals surface area contributed by atoms with Crippen LogP contribution in [0.15, 0.2) is 44.9 Å². The third-order valence-corrected chi connectivity index (χ3v) is 4.80. The lowest BCUT2D eigenvalue weighted by Crippen LogP contribution is -2.15. The molecule has 0 aliphatic rings. The molecule has 4 nitrogen and oxygen atoms in total. The molecule has 0 saturated heterocycles. The van der Waals surface area contributed by atoms with E-state index in [0.29, 0.717) is 11.3 Å². The normalized spacial score (nSPS) is 11.0. The van der Waals surface area contributed by atoms with Crippen LogP contribution < -0.4 is 10.1 Å². The van der Waals surface area contributed by atoms with Crippen LogP contribution in [-0.4, -0.2) is 13.0 Å². The fraction of sp³-hybridized carbons (Fsp3) is 0.158. The van der Waals surface area contributed by atoms with E-state index in [4.69, 9.17) is 4.74 Å². The number of hydrogen-bond acceptors (Lipinski definition) is 3. The minimum atomic E-state index is -0.442. The summed E-state index contributed by atoms with van der Waals surface area (Å²) in [5, 5.41) is 12.2. The molecule has 128 valence electrons. The molecule has 2 rings (SSSR count). The molecule has 0 bridgehead atoms. The Hall–Kier alpha value is -2.10. The molecule has 25 heavy (non-hydrogen) atoms. The standard InChI is InChI=1S/C19H16Br2N2O2/c1-11-5-4-6-12(2)17(11)23-19(24)14(10-22)7-13-8-15(20)18(25-3)16(21)9-13/h4-9H,1-3H3,(H,23,24)/b14-7+. The van der Waals surface area contributed by atoms with Crippen LogP contribution in [0.5, 0.6) is 5.75 Å². The van der Waals surface area contributed by atoms with E-state index in [0.717, 1.165) is 25.8 Å². The molecule has 0 saturated carbocycles. The summed E-state index contributed by atoms with van der Waals surface area (Å²) in [7, 11) is 1.57. The van der Waals surface area contributed by atoms with Crippen LogP contribution in [0.4, 0.5) is 5.69 Å². The van der Waals surface area contributed by atoms with Crippen LogP contribution in [0.25, 0.3) is 6.08 Å². The van der Waals surface area contributed by atoms with Crippen molar-refractivity contribution in [1.29, 1.82) is 5.26 Å². The van der Waals surface area contributed by atoms with Gasteiger partial charge in [0, 0.05) is 5.69 Å². The molecule has 0 atom stereocenters. The van der Waals surface area contributed by atoms with E-state index >= 15 is 0 Å². The van der Waals surface area contributed by atoms with Gasteiger partial charge in [-0.1, -0.05) is 18.2 Å². The first-order valence-electron chi connectivity index (χ1n) is 7.39. The minimum absolute atomic E-state index is 0.0200. The number of methoxy groups -OCH3 is 1. The van der Waals surface area contributed by atoms with Gasteiger partial charge in [0.25, 0.3) is 5.91 Å². The molecule has 0 spiro atoms. The van der Waals surface area contributed by atoms with E-state index in [2.05, 4.69) is 37.2 Å². The highest BCUT2D eigenvalue weighted by atomic mass is 79.9. The number of halogens is 2. The molecule has 6 heteroatoms. The summed E-state index contributed by atoms with van der Waals surface area (Å²) < 4.78 is 6.71. The minimum Gasteiger partial charge on any atom is -0.494 e. The number of aryl methyl sites for hydroxylation is 2. The van der Waals surface area contributed by atoms with Gasteiger partial charge in [0.1, 0.15) is 17.4 Å². The predicted octanol–water partition coefficient (Wildman–Crippen LogP) is 5.38. The van der Waals surface area contributed by atoms with Gasteiger partial charge >= 0.3 is 0 Å². The Balaban J connectivity index is 2.35. The average Bonchev–Trinajstić information content (AvgIpc) is 2.55. The van der Waals surface area contributed by atoms with Gasteiger partial charge in [-0.05, 0) is 80.6 Å². The second-order valence-corrected chi connectivity index (χ2v) is 7.12.